The fourth-order valence-electron chi connectivity index (χ4n) is 4.62. The van der Waals surface area contributed by atoms with E-state index in [0.29, 0.717) is 23.7 Å². The molecule has 0 aliphatic carbocycles. The fraction of sp³-hybridized carbons (Fsp3) is 0.333. The Morgan fingerprint density at radius 3 is 2.39 bits per heavy atom. The molecule has 3 aromatic carbocycles. The normalized spacial score (nSPS) is 13.8. The van der Waals surface area contributed by atoms with Crippen LogP contribution in [-0.4, -0.2) is 31.6 Å². The Bertz CT molecular complexity index is 1170. The summed E-state index contributed by atoms with van der Waals surface area (Å²) < 4.78 is 0. The number of amides is 3. The Hall–Kier alpha value is -3.80. The number of anilines is 3. The van der Waals surface area contributed by atoms with Gasteiger partial charge in [-0.25, -0.2) is 4.79 Å². The summed E-state index contributed by atoms with van der Waals surface area (Å²) in [4.78, 5) is 28.3. The molecule has 1 aliphatic heterocycles. The first-order valence-corrected chi connectivity index (χ1v) is 12.9. The van der Waals surface area contributed by atoms with Gasteiger partial charge in [-0.1, -0.05) is 62.4 Å². The van der Waals surface area contributed by atoms with E-state index in [1.165, 1.54) is 5.56 Å². The molecule has 36 heavy (non-hydrogen) atoms. The van der Waals surface area contributed by atoms with Gasteiger partial charge in [0.05, 0.1) is 5.56 Å². The second-order valence-electron chi connectivity index (χ2n) is 9.48. The van der Waals surface area contributed by atoms with E-state index >= 15 is 0 Å². The quantitative estimate of drug-likeness (QED) is 0.362. The number of rotatable bonds is 8. The molecule has 188 valence electrons. The molecular formula is C30H36N4O2. The van der Waals surface area contributed by atoms with Crippen molar-refractivity contribution in [2.75, 3.05) is 35.2 Å². The predicted octanol–water partition coefficient (Wildman–Crippen LogP) is 6.10. The lowest BCUT2D eigenvalue weighted by molar-refractivity contribution is 0.0954. The van der Waals surface area contributed by atoms with Gasteiger partial charge in [-0.3, -0.25) is 4.79 Å². The van der Waals surface area contributed by atoms with Crippen molar-refractivity contribution in [1.29, 1.82) is 0 Å². The largest absolute Gasteiger partial charge is 0.371 e. The van der Waals surface area contributed by atoms with Gasteiger partial charge >= 0.3 is 6.03 Å². The summed E-state index contributed by atoms with van der Waals surface area (Å²) in [5, 5.41) is 8.92. The van der Waals surface area contributed by atoms with Crippen LogP contribution in [0.4, 0.5) is 21.9 Å². The molecule has 3 N–H and O–H groups in total. The first kappa shape index (κ1) is 25.3. The van der Waals surface area contributed by atoms with Crippen molar-refractivity contribution in [3.63, 3.8) is 0 Å². The van der Waals surface area contributed by atoms with Crippen LogP contribution in [0.15, 0.2) is 72.8 Å². The van der Waals surface area contributed by atoms with Crippen LogP contribution in [-0.2, 0) is 12.8 Å². The van der Waals surface area contributed by atoms with Gasteiger partial charge in [-0.05, 0) is 67.0 Å². The summed E-state index contributed by atoms with van der Waals surface area (Å²) >= 11 is 0. The van der Waals surface area contributed by atoms with Crippen molar-refractivity contribution in [3.8, 4) is 0 Å². The van der Waals surface area contributed by atoms with Gasteiger partial charge in [-0.2, -0.15) is 0 Å². The molecule has 6 nitrogen and oxygen atoms in total. The number of nitrogens with one attached hydrogen (secondary N) is 3. The van der Waals surface area contributed by atoms with E-state index < -0.39 is 0 Å². The van der Waals surface area contributed by atoms with Gasteiger partial charge in [0.1, 0.15) is 0 Å². The minimum Gasteiger partial charge on any atom is -0.371 e. The number of benzene rings is 3. The molecule has 1 heterocycles. The lowest BCUT2D eigenvalue weighted by Crippen LogP contribution is -2.35. The summed E-state index contributed by atoms with van der Waals surface area (Å²) in [6, 6.07) is 23.2. The topological polar surface area (TPSA) is 73.5 Å². The molecule has 1 saturated heterocycles. The molecule has 3 amide bonds. The Balaban J connectivity index is 1.49. The van der Waals surface area contributed by atoms with E-state index in [1.54, 1.807) is 6.07 Å². The maximum absolute atomic E-state index is 13.3. The number of para-hydroxylation sites is 1. The highest BCUT2D eigenvalue weighted by molar-refractivity contribution is 6.04. The van der Waals surface area contributed by atoms with Gasteiger partial charge in [0, 0.05) is 36.7 Å². The highest BCUT2D eigenvalue weighted by Crippen LogP contribution is 2.29. The maximum Gasteiger partial charge on any atom is 0.323 e. The average Bonchev–Trinajstić information content (AvgIpc) is 2.90. The Morgan fingerprint density at radius 1 is 0.917 bits per heavy atom. The molecule has 0 unspecified atom stereocenters. The van der Waals surface area contributed by atoms with Crippen LogP contribution in [0.25, 0.3) is 0 Å². The zero-order valence-corrected chi connectivity index (χ0v) is 21.2. The lowest BCUT2D eigenvalue weighted by atomic mass is 9.97. The molecule has 1 aliphatic rings. The third kappa shape index (κ3) is 6.66. The van der Waals surface area contributed by atoms with Crippen LogP contribution >= 0.6 is 0 Å². The van der Waals surface area contributed by atoms with Gasteiger partial charge in [-0.15, -0.1) is 0 Å². The van der Waals surface area contributed by atoms with Crippen LogP contribution < -0.4 is 20.9 Å². The number of urea groups is 1. The molecule has 0 bridgehead atoms. The van der Waals surface area contributed by atoms with E-state index in [0.717, 1.165) is 55.7 Å². The molecule has 0 radical (unpaired) electrons. The maximum atomic E-state index is 13.3. The number of piperidine rings is 1. The van der Waals surface area contributed by atoms with Crippen molar-refractivity contribution in [3.05, 3.63) is 89.5 Å². The number of aryl methyl sites for hydroxylation is 1. The molecular weight excluding hydrogens is 448 g/mol. The molecule has 1 fully saturated rings. The first-order chi connectivity index (χ1) is 17.5. The van der Waals surface area contributed by atoms with E-state index in [-0.39, 0.29) is 11.9 Å². The summed E-state index contributed by atoms with van der Waals surface area (Å²) in [7, 11) is 0. The van der Waals surface area contributed by atoms with E-state index in [9.17, 15) is 9.59 Å². The zero-order chi connectivity index (χ0) is 25.3. The van der Waals surface area contributed by atoms with Crippen molar-refractivity contribution in [2.24, 2.45) is 5.92 Å². The standard InChI is InChI=1S/C30H36N4O2/c1-3-24-11-7-8-12-27(24)33-30(36)32-25-13-14-28(34-19-16-22(2)17-20-34)26(21-25)29(35)31-18-15-23-9-5-4-6-10-23/h4-14,21-22H,3,15-20H2,1-2H3,(H,31,35)(H2,32,33,36). The third-order valence-corrected chi connectivity index (χ3v) is 6.81. The summed E-state index contributed by atoms with van der Waals surface area (Å²) in [6.45, 7) is 6.72. The molecule has 0 aromatic heterocycles. The van der Waals surface area contributed by atoms with Crippen LogP contribution in [0.3, 0.4) is 0 Å². The molecule has 0 saturated carbocycles. The van der Waals surface area contributed by atoms with Gasteiger partial charge < -0.3 is 20.9 Å². The number of hydrogen-bond donors (Lipinski definition) is 3. The van der Waals surface area contributed by atoms with Crippen molar-refractivity contribution in [2.45, 2.75) is 39.5 Å². The van der Waals surface area contributed by atoms with Crippen molar-refractivity contribution < 1.29 is 9.59 Å². The van der Waals surface area contributed by atoms with E-state index in [2.05, 4.69) is 46.8 Å². The number of carbonyl (C=O) groups is 2. The first-order valence-electron chi connectivity index (χ1n) is 12.9. The minimum atomic E-state index is -0.328. The monoisotopic (exact) mass is 484 g/mol. The molecule has 4 rings (SSSR count). The Kier molecular flexibility index (Phi) is 8.61. The number of hydrogen-bond acceptors (Lipinski definition) is 3. The zero-order valence-electron chi connectivity index (χ0n) is 21.2. The highest BCUT2D eigenvalue weighted by Gasteiger charge is 2.22. The molecule has 6 heteroatoms. The van der Waals surface area contributed by atoms with Gasteiger partial charge in [0.25, 0.3) is 5.91 Å². The van der Waals surface area contributed by atoms with Crippen LogP contribution in [0.2, 0.25) is 0 Å². The van der Waals surface area contributed by atoms with Gasteiger partial charge in [0.15, 0.2) is 0 Å². The average molecular weight is 485 g/mol. The number of nitrogens with zero attached hydrogens (tertiary/aromatic N) is 1. The van der Waals surface area contributed by atoms with Crippen LogP contribution in [0.5, 0.6) is 0 Å². The second-order valence-corrected chi connectivity index (χ2v) is 9.48. The predicted molar refractivity (Wildman–Crippen MR) is 148 cm³/mol. The Morgan fingerprint density at radius 2 is 1.64 bits per heavy atom. The van der Waals surface area contributed by atoms with E-state index in [1.807, 2.05) is 54.6 Å². The fourth-order valence-corrected chi connectivity index (χ4v) is 4.62. The lowest BCUT2D eigenvalue weighted by Gasteiger charge is -2.33. The smallest absolute Gasteiger partial charge is 0.323 e. The summed E-state index contributed by atoms with van der Waals surface area (Å²) in [5.74, 6) is 0.569. The Labute approximate surface area is 214 Å². The number of carbonyl (C=O) groups excluding carboxylic acids is 2. The molecule has 3 aromatic rings. The molecule has 0 spiro atoms. The third-order valence-electron chi connectivity index (χ3n) is 6.81. The van der Waals surface area contributed by atoms with Crippen molar-refractivity contribution in [1.82, 2.24) is 5.32 Å². The summed E-state index contributed by atoms with van der Waals surface area (Å²) in [5.41, 5.74) is 5.13. The molecule has 0 atom stereocenters. The van der Waals surface area contributed by atoms with Crippen molar-refractivity contribution >= 4 is 29.0 Å². The van der Waals surface area contributed by atoms with E-state index in [4.69, 9.17) is 0 Å². The van der Waals surface area contributed by atoms with Crippen LogP contribution in [0, 0.1) is 5.92 Å². The SMILES string of the molecule is CCc1ccccc1NC(=O)Nc1ccc(N2CCC(C)CC2)c(C(=O)NCCc2ccccc2)c1. The highest BCUT2D eigenvalue weighted by atomic mass is 16.2. The second kappa shape index (κ2) is 12.2. The minimum absolute atomic E-state index is 0.125. The van der Waals surface area contributed by atoms with Crippen LogP contribution in [0.1, 0.15) is 48.2 Å². The van der Waals surface area contributed by atoms with Gasteiger partial charge in [0.2, 0.25) is 0 Å². The summed E-state index contributed by atoms with van der Waals surface area (Å²) in [6.07, 6.45) is 3.80.